The van der Waals surface area contributed by atoms with Gasteiger partial charge in [-0.05, 0) is 24.3 Å². The molecule has 3 aliphatic heterocycles. The van der Waals surface area contributed by atoms with E-state index in [9.17, 15) is 19.2 Å². The summed E-state index contributed by atoms with van der Waals surface area (Å²) >= 11 is 2.99. The van der Waals surface area contributed by atoms with E-state index in [0.29, 0.717) is 30.1 Å². The number of hydrogen-bond donors (Lipinski definition) is 3. The summed E-state index contributed by atoms with van der Waals surface area (Å²) < 4.78 is 0. The minimum absolute atomic E-state index is 0.0450. The topological polar surface area (TPSA) is 111 Å². The van der Waals surface area contributed by atoms with E-state index < -0.39 is 18.0 Å². The van der Waals surface area contributed by atoms with Crippen LogP contribution in [0.25, 0.3) is 0 Å². The third-order valence-electron chi connectivity index (χ3n) is 5.60. The molecule has 3 fully saturated rings. The van der Waals surface area contributed by atoms with Crippen LogP contribution in [0.2, 0.25) is 0 Å². The van der Waals surface area contributed by atoms with Gasteiger partial charge in [0.15, 0.2) is 0 Å². The van der Waals surface area contributed by atoms with E-state index in [4.69, 9.17) is 0 Å². The molecule has 0 spiro atoms. The predicted molar refractivity (Wildman–Crippen MR) is 114 cm³/mol. The van der Waals surface area contributed by atoms with Crippen molar-refractivity contribution in [3.8, 4) is 0 Å². The third-order valence-corrected chi connectivity index (χ3v) is 7.40. The second kappa shape index (κ2) is 9.36. The average molecular weight is 452 g/mol. The Bertz CT molecular complexity index is 812. The summed E-state index contributed by atoms with van der Waals surface area (Å²) in [6.45, 7) is 1.38. The Balaban J connectivity index is 1.51. The van der Waals surface area contributed by atoms with Gasteiger partial charge in [-0.3, -0.25) is 24.5 Å². The van der Waals surface area contributed by atoms with Gasteiger partial charge in [-0.2, -0.15) is 0 Å². The number of nitrogens with one attached hydrogen (secondary N) is 3. The van der Waals surface area contributed by atoms with Crippen molar-refractivity contribution in [3.05, 3.63) is 22.4 Å². The van der Waals surface area contributed by atoms with Crippen LogP contribution in [0, 0.1) is 0 Å². The monoisotopic (exact) mass is 451 g/mol. The van der Waals surface area contributed by atoms with Gasteiger partial charge >= 0.3 is 0 Å². The molecule has 4 amide bonds. The summed E-state index contributed by atoms with van der Waals surface area (Å²) in [4.78, 5) is 54.9. The van der Waals surface area contributed by atoms with Crippen LogP contribution in [-0.4, -0.2) is 89.4 Å². The lowest BCUT2D eigenvalue weighted by atomic mass is 10.0. The highest BCUT2D eigenvalue weighted by Crippen LogP contribution is 2.20. The lowest BCUT2D eigenvalue weighted by Crippen LogP contribution is -2.64. The fourth-order valence-electron chi connectivity index (χ4n) is 3.94. The fraction of sp³-hybridized carbons (Fsp3) is 0.579. The van der Waals surface area contributed by atoms with Crippen molar-refractivity contribution >= 4 is 46.7 Å². The molecule has 9 nitrogen and oxygen atoms in total. The lowest BCUT2D eigenvalue weighted by molar-refractivity contribution is -0.139. The van der Waals surface area contributed by atoms with Gasteiger partial charge in [0.05, 0.1) is 17.5 Å². The molecule has 3 atom stereocenters. The van der Waals surface area contributed by atoms with Crippen LogP contribution in [0.4, 0.5) is 0 Å². The van der Waals surface area contributed by atoms with Gasteiger partial charge in [-0.15, -0.1) is 23.1 Å². The number of piperazine rings is 1. The van der Waals surface area contributed by atoms with Crippen LogP contribution in [0.15, 0.2) is 17.5 Å². The predicted octanol–water partition coefficient (Wildman–Crippen LogP) is -0.542. The van der Waals surface area contributed by atoms with Crippen molar-refractivity contribution in [1.29, 1.82) is 0 Å². The fourth-order valence-corrected chi connectivity index (χ4v) is 5.56. The van der Waals surface area contributed by atoms with Crippen LogP contribution < -0.4 is 16.0 Å². The van der Waals surface area contributed by atoms with Crippen LogP contribution in [0.3, 0.4) is 0 Å². The van der Waals surface area contributed by atoms with E-state index in [-0.39, 0.29) is 36.9 Å². The van der Waals surface area contributed by atoms with Gasteiger partial charge in [0.25, 0.3) is 5.91 Å². The first-order valence-electron chi connectivity index (χ1n) is 10.1. The second-order valence-electron chi connectivity index (χ2n) is 7.54. The van der Waals surface area contributed by atoms with E-state index in [1.165, 1.54) is 16.2 Å². The molecule has 30 heavy (non-hydrogen) atoms. The van der Waals surface area contributed by atoms with Gasteiger partial charge in [0, 0.05) is 31.3 Å². The first-order chi connectivity index (χ1) is 14.5. The summed E-state index contributed by atoms with van der Waals surface area (Å²) in [6, 6.07) is 1.82. The highest BCUT2D eigenvalue weighted by molar-refractivity contribution is 7.99. The first kappa shape index (κ1) is 21.1. The highest BCUT2D eigenvalue weighted by Gasteiger charge is 2.40. The quantitative estimate of drug-likeness (QED) is 0.567. The van der Waals surface area contributed by atoms with Crippen molar-refractivity contribution in [2.45, 2.75) is 31.0 Å². The zero-order chi connectivity index (χ0) is 21.1. The molecule has 3 N–H and O–H groups in total. The number of amides is 4. The zero-order valence-corrected chi connectivity index (χ0v) is 18.1. The molecule has 0 bridgehead atoms. The molecule has 162 valence electrons. The van der Waals surface area contributed by atoms with Gasteiger partial charge < -0.3 is 20.4 Å². The Morgan fingerprint density at radius 3 is 2.80 bits per heavy atom. The Kier molecular flexibility index (Phi) is 6.59. The smallest absolute Gasteiger partial charge is 0.264 e. The minimum Gasteiger partial charge on any atom is -0.354 e. The van der Waals surface area contributed by atoms with Crippen molar-refractivity contribution in [2.75, 3.05) is 37.8 Å². The van der Waals surface area contributed by atoms with Gasteiger partial charge in [0.2, 0.25) is 17.7 Å². The molecule has 0 unspecified atom stereocenters. The summed E-state index contributed by atoms with van der Waals surface area (Å²) in [7, 11) is 0. The summed E-state index contributed by atoms with van der Waals surface area (Å²) in [5, 5.41) is 10.5. The number of rotatable bonds is 4. The molecule has 1 aromatic rings. The third kappa shape index (κ3) is 4.47. The molecule has 0 aromatic carbocycles. The van der Waals surface area contributed by atoms with Gasteiger partial charge in [-0.1, -0.05) is 6.07 Å². The van der Waals surface area contributed by atoms with E-state index in [2.05, 4.69) is 16.0 Å². The van der Waals surface area contributed by atoms with E-state index in [1.807, 2.05) is 5.38 Å². The average Bonchev–Trinajstić information content (AvgIpc) is 3.48. The van der Waals surface area contributed by atoms with Crippen molar-refractivity contribution in [3.63, 3.8) is 0 Å². The van der Waals surface area contributed by atoms with Crippen LogP contribution in [-0.2, 0) is 14.4 Å². The van der Waals surface area contributed by atoms with E-state index in [1.54, 1.807) is 28.8 Å². The Hall–Kier alpha value is -2.11. The number of carbonyl (C=O) groups excluding carboxylic acids is 4. The molecule has 0 radical (unpaired) electrons. The molecule has 0 saturated carbocycles. The van der Waals surface area contributed by atoms with E-state index >= 15 is 0 Å². The molecule has 4 heterocycles. The summed E-state index contributed by atoms with van der Waals surface area (Å²) in [5.74, 6) is 0.562. The Morgan fingerprint density at radius 1 is 1.23 bits per heavy atom. The molecule has 0 aliphatic carbocycles. The Morgan fingerprint density at radius 2 is 2.10 bits per heavy atom. The number of nitrogens with zero attached hydrogens (tertiary/aromatic N) is 2. The molecular weight excluding hydrogens is 426 g/mol. The number of carbonyl (C=O) groups is 4. The SMILES string of the molecule is O=C(N[C@@H]1CCCNC1=O)[C@H]1CN(C(=O)[C@H]2CSCN2)CCN1C(=O)c1cccs1. The molecule has 4 rings (SSSR count). The highest BCUT2D eigenvalue weighted by atomic mass is 32.2. The molecule has 3 saturated heterocycles. The van der Waals surface area contributed by atoms with Crippen LogP contribution in [0.1, 0.15) is 22.5 Å². The van der Waals surface area contributed by atoms with Gasteiger partial charge in [0.1, 0.15) is 12.1 Å². The van der Waals surface area contributed by atoms with Crippen molar-refractivity contribution in [1.82, 2.24) is 25.8 Å². The lowest BCUT2D eigenvalue weighted by Gasteiger charge is -2.41. The first-order valence-corrected chi connectivity index (χ1v) is 12.1. The van der Waals surface area contributed by atoms with Crippen molar-refractivity contribution in [2.24, 2.45) is 0 Å². The maximum absolute atomic E-state index is 13.1. The number of hydrogen-bond acceptors (Lipinski definition) is 7. The molecular formula is C19H25N5O4S2. The zero-order valence-electron chi connectivity index (χ0n) is 16.5. The number of piperidine rings is 1. The maximum Gasteiger partial charge on any atom is 0.264 e. The van der Waals surface area contributed by atoms with Crippen molar-refractivity contribution < 1.29 is 19.2 Å². The second-order valence-corrected chi connectivity index (χ2v) is 9.52. The van der Waals surface area contributed by atoms with Crippen LogP contribution in [0.5, 0.6) is 0 Å². The summed E-state index contributed by atoms with van der Waals surface area (Å²) in [5.41, 5.74) is 0. The minimum atomic E-state index is -0.832. The molecule has 3 aliphatic rings. The molecule has 11 heteroatoms. The van der Waals surface area contributed by atoms with Crippen LogP contribution >= 0.6 is 23.1 Å². The van der Waals surface area contributed by atoms with E-state index in [0.717, 1.165) is 12.3 Å². The maximum atomic E-state index is 13.1. The standard InChI is InChI=1S/C19H25N5O4S2/c25-16-12(3-1-5-20-16)22-17(26)14-9-23(18(27)13-10-29-11-21-13)6-7-24(14)19(28)15-4-2-8-30-15/h2,4,8,12-14,21H,1,3,5-7,9-11H2,(H,20,25)(H,22,26)/t12-,13-,14-/m1/s1. The largest absolute Gasteiger partial charge is 0.354 e. The molecule has 1 aromatic heterocycles. The normalized spacial score (nSPS) is 26.9. The number of thioether (sulfide) groups is 1. The Labute approximate surface area is 182 Å². The van der Waals surface area contributed by atoms with Gasteiger partial charge in [-0.25, -0.2) is 0 Å². The summed E-state index contributed by atoms with van der Waals surface area (Å²) in [6.07, 6.45) is 1.35. The number of thiophene rings is 1.